The van der Waals surface area contributed by atoms with Gasteiger partial charge in [0.25, 0.3) is 0 Å². The average molecular weight is 518 g/mol. The van der Waals surface area contributed by atoms with Crippen LogP contribution in [0, 0.1) is 11.8 Å². The molecule has 5 heteroatoms. The van der Waals surface area contributed by atoms with Crippen LogP contribution in [-0.4, -0.2) is 22.1 Å². The molecule has 1 aliphatic heterocycles. The quantitative estimate of drug-likeness (QED) is 0.236. The van der Waals surface area contributed by atoms with Gasteiger partial charge in [0.1, 0.15) is 17.1 Å². The molecule has 0 unspecified atom stereocenters. The van der Waals surface area contributed by atoms with Crippen LogP contribution in [0.15, 0.2) is 121 Å². The van der Waals surface area contributed by atoms with Gasteiger partial charge in [-0.3, -0.25) is 4.90 Å². The van der Waals surface area contributed by atoms with E-state index in [0.29, 0.717) is 22.6 Å². The van der Waals surface area contributed by atoms with Gasteiger partial charge >= 0.3 is 0 Å². The fourth-order valence-corrected chi connectivity index (χ4v) is 5.09. The molecule has 0 bridgehead atoms. The molecule has 0 spiro atoms. The van der Waals surface area contributed by atoms with Gasteiger partial charge < -0.3 is 10.0 Å². The molecule has 0 aliphatic carbocycles. The van der Waals surface area contributed by atoms with Gasteiger partial charge in [-0.2, -0.15) is 0 Å². The van der Waals surface area contributed by atoms with E-state index in [2.05, 4.69) is 53.0 Å². The molecule has 0 amide bonds. The van der Waals surface area contributed by atoms with Gasteiger partial charge in [0.05, 0.1) is 29.8 Å². The van der Waals surface area contributed by atoms with Crippen LogP contribution >= 0.6 is 0 Å². The molecule has 2 aromatic heterocycles. The Hall–Kier alpha value is -5.60. The Morgan fingerprint density at radius 1 is 0.725 bits per heavy atom. The minimum atomic E-state index is 0.0590. The van der Waals surface area contributed by atoms with Crippen LogP contribution in [0.4, 0.5) is 28.6 Å². The van der Waals surface area contributed by atoms with Gasteiger partial charge in [-0.25, -0.2) is 9.97 Å². The summed E-state index contributed by atoms with van der Waals surface area (Å²) < 4.78 is 8.19. The highest BCUT2D eigenvalue weighted by Gasteiger charge is 2.29. The Morgan fingerprint density at radius 2 is 1.50 bits per heavy atom. The van der Waals surface area contributed by atoms with E-state index in [9.17, 15) is 5.11 Å². The maximum Gasteiger partial charge on any atom is 0.141 e. The van der Waals surface area contributed by atoms with Crippen LogP contribution in [0.5, 0.6) is 5.75 Å². The van der Waals surface area contributed by atoms with E-state index in [1.165, 1.54) is 6.07 Å². The number of aromatic hydroxyl groups is 1. The maximum atomic E-state index is 10.5. The number of fused-ring (bicyclic) bond motifs is 3. The second kappa shape index (κ2) is 9.61. The van der Waals surface area contributed by atoms with E-state index in [-0.39, 0.29) is 5.75 Å². The van der Waals surface area contributed by atoms with E-state index in [0.717, 1.165) is 45.3 Å². The summed E-state index contributed by atoms with van der Waals surface area (Å²) in [5.74, 6) is 7.44. The zero-order valence-electron chi connectivity index (χ0n) is 22.7. The lowest BCUT2D eigenvalue weighted by molar-refractivity contribution is 0.480. The van der Waals surface area contributed by atoms with Crippen molar-refractivity contribution in [3.63, 3.8) is 0 Å². The number of para-hydroxylation sites is 1. The Morgan fingerprint density at radius 3 is 2.33 bits per heavy atom. The normalized spacial score (nSPS) is 12.3. The number of hydrogen-bond acceptors (Lipinski definition) is 5. The summed E-state index contributed by atoms with van der Waals surface area (Å²) in [5, 5.41) is 11.1. The number of rotatable bonds is 2. The highest BCUT2D eigenvalue weighted by molar-refractivity contribution is 5.99. The van der Waals surface area contributed by atoms with Gasteiger partial charge in [0, 0.05) is 35.3 Å². The number of phenols is 1. The van der Waals surface area contributed by atoms with Crippen LogP contribution in [0.3, 0.4) is 0 Å². The molecule has 1 aliphatic rings. The molecule has 0 saturated heterocycles. The van der Waals surface area contributed by atoms with Gasteiger partial charge in [0.15, 0.2) is 0 Å². The Kier molecular flexibility index (Phi) is 5.38. The van der Waals surface area contributed by atoms with Gasteiger partial charge in [-0.15, -0.1) is 0 Å². The Bertz CT molecular complexity index is 2000. The minimum Gasteiger partial charge on any atom is -0.506 e. The highest BCUT2D eigenvalue weighted by atomic mass is 16.3. The highest BCUT2D eigenvalue weighted by Crippen LogP contribution is 2.51. The molecule has 5 nitrogen and oxygen atoms in total. The molecule has 0 fully saturated rings. The lowest BCUT2D eigenvalue weighted by atomic mass is 10.0. The van der Waals surface area contributed by atoms with Crippen molar-refractivity contribution in [2.45, 2.75) is 0 Å². The zero-order valence-corrected chi connectivity index (χ0v) is 21.7. The standard InChI is InChI=1S/C35H24N4O/c1-38-29-19-15-25(14-13-24-8-3-2-4-9-24)22-31(29)39(34-12-5-6-21-36-34)32-23-27(17-20-30(32)38)28-18-16-26-10-7-11-33(40)35(26)37-28/h2-12,15-23,40H,1H3/i10D. The summed E-state index contributed by atoms with van der Waals surface area (Å²) in [6.07, 6.45) is 1.79. The second-order valence-electron chi connectivity index (χ2n) is 9.56. The number of nitrogens with zero attached hydrogens (tertiary/aromatic N) is 4. The number of benzene rings is 4. The smallest absolute Gasteiger partial charge is 0.141 e. The predicted octanol–water partition coefficient (Wildman–Crippen LogP) is 7.95. The molecule has 1 N–H and O–H groups in total. The van der Waals surface area contributed by atoms with Crippen molar-refractivity contribution in [2.24, 2.45) is 0 Å². The molecule has 7 rings (SSSR count). The topological polar surface area (TPSA) is 52.5 Å². The van der Waals surface area contributed by atoms with Crippen LogP contribution < -0.4 is 9.80 Å². The predicted molar refractivity (Wildman–Crippen MR) is 162 cm³/mol. The number of pyridine rings is 2. The molecule has 6 aromatic rings. The third-order valence-corrected chi connectivity index (χ3v) is 7.07. The van der Waals surface area contributed by atoms with Crippen LogP contribution in [-0.2, 0) is 0 Å². The summed E-state index contributed by atoms with van der Waals surface area (Å²) in [4.78, 5) is 13.8. The van der Waals surface area contributed by atoms with E-state index < -0.39 is 0 Å². The molecule has 190 valence electrons. The van der Waals surface area contributed by atoms with Crippen molar-refractivity contribution in [1.82, 2.24) is 9.97 Å². The lowest BCUT2D eigenvalue weighted by Gasteiger charge is -2.38. The van der Waals surface area contributed by atoms with Crippen LogP contribution in [0.2, 0.25) is 0 Å². The average Bonchev–Trinajstić information content (AvgIpc) is 3.02. The number of anilines is 5. The molecule has 3 heterocycles. The van der Waals surface area contributed by atoms with Crippen molar-refractivity contribution in [3.05, 3.63) is 133 Å². The third-order valence-electron chi connectivity index (χ3n) is 7.07. The minimum absolute atomic E-state index is 0.0590. The first-order chi connectivity index (χ1) is 20.1. The lowest BCUT2D eigenvalue weighted by Crippen LogP contribution is -2.24. The SMILES string of the molecule is [2H]c1ccc(O)c2nc(-c3ccc4c(c3)N(c3ccccn3)c3cc(C#Cc5ccccc5)ccc3N4C)ccc12. The summed E-state index contributed by atoms with van der Waals surface area (Å²) in [7, 11) is 2.06. The van der Waals surface area contributed by atoms with Crippen molar-refractivity contribution in [1.29, 1.82) is 0 Å². The number of hydrogen-bond donors (Lipinski definition) is 1. The third kappa shape index (κ3) is 4.09. The first kappa shape index (κ1) is 22.4. The summed E-state index contributed by atoms with van der Waals surface area (Å²) in [6.45, 7) is 0. The Balaban J connectivity index is 1.38. The monoisotopic (exact) mass is 517 g/mol. The van der Waals surface area contributed by atoms with Crippen molar-refractivity contribution in [3.8, 4) is 28.8 Å². The van der Waals surface area contributed by atoms with E-state index in [1.54, 1.807) is 12.3 Å². The van der Waals surface area contributed by atoms with Crippen LogP contribution in [0.1, 0.15) is 12.5 Å². The molecule has 4 aromatic carbocycles. The fourth-order valence-electron chi connectivity index (χ4n) is 5.09. The molecule has 40 heavy (non-hydrogen) atoms. The van der Waals surface area contributed by atoms with Gasteiger partial charge in [-0.05, 0) is 66.7 Å². The van der Waals surface area contributed by atoms with Crippen molar-refractivity contribution >= 4 is 39.5 Å². The van der Waals surface area contributed by atoms with Crippen LogP contribution in [0.25, 0.3) is 22.2 Å². The first-order valence-electron chi connectivity index (χ1n) is 13.5. The van der Waals surface area contributed by atoms with Crippen molar-refractivity contribution < 1.29 is 6.48 Å². The first-order valence-corrected chi connectivity index (χ1v) is 13.0. The summed E-state index contributed by atoms with van der Waals surface area (Å²) in [6, 6.07) is 35.5. The summed E-state index contributed by atoms with van der Waals surface area (Å²) >= 11 is 0. The van der Waals surface area contributed by atoms with Gasteiger partial charge in [-0.1, -0.05) is 60.3 Å². The second-order valence-corrected chi connectivity index (χ2v) is 9.56. The van der Waals surface area contributed by atoms with Crippen molar-refractivity contribution in [2.75, 3.05) is 16.8 Å². The largest absolute Gasteiger partial charge is 0.506 e. The number of aromatic nitrogens is 2. The zero-order chi connectivity index (χ0) is 27.9. The maximum absolute atomic E-state index is 10.5. The van der Waals surface area contributed by atoms with E-state index >= 15 is 0 Å². The fraction of sp³-hybridized carbons (Fsp3) is 0.0286. The van der Waals surface area contributed by atoms with E-state index in [4.69, 9.17) is 11.3 Å². The molecular formula is C35H24N4O. The number of phenolic OH excluding ortho intramolecular Hbond substituents is 1. The van der Waals surface area contributed by atoms with Gasteiger partial charge in [0.2, 0.25) is 0 Å². The molecule has 0 saturated carbocycles. The molecular weight excluding hydrogens is 492 g/mol. The molecule has 0 atom stereocenters. The Labute approximate surface area is 234 Å². The summed E-state index contributed by atoms with van der Waals surface area (Å²) in [5.41, 5.74) is 7.85. The van der Waals surface area contributed by atoms with E-state index in [1.807, 2.05) is 72.8 Å². The molecule has 0 radical (unpaired) electrons.